The predicted octanol–water partition coefficient (Wildman–Crippen LogP) is 2.68. The van der Waals surface area contributed by atoms with Gasteiger partial charge >= 0.3 is 5.97 Å². The summed E-state index contributed by atoms with van der Waals surface area (Å²) in [5.41, 5.74) is 0.960. The summed E-state index contributed by atoms with van der Waals surface area (Å²) < 4.78 is 0. The average molecular weight is 275 g/mol. The molecule has 0 bridgehead atoms. The highest BCUT2D eigenvalue weighted by Crippen LogP contribution is 2.29. The van der Waals surface area contributed by atoms with Gasteiger partial charge in [-0.25, -0.2) is 4.79 Å². The van der Waals surface area contributed by atoms with Gasteiger partial charge in [0.1, 0.15) is 6.04 Å². The molecule has 0 radical (unpaired) electrons. The fourth-order valence-corrected chi connectivity index (χ4v) is 3.06. The second-order valence-corrected chi connectivity index (χ2v) is 5.44. The van der Waals surface area contributed by atoms with Gasteiger partial charge < -0.3 is 10.0 Å². The maximum atomic E-state index is 11.6. The maximum absolute atomic E-state index is 11.6. The van der Waals surface area contributed by atoms with Crippen molar-refractivity contribution in [1.82, 2.24) is 4.90 Å². The number of amides is 1. The Labute approximate surface area is 119 Å². The minimum Gasteiger partial charge on any atom is -0.480 e. The van der Waals surface area contributed by atoms with Crippen LogP contribution in [0.2, 0.25) is 0 Å². The topological polar surface area (TPSA) is 57.6 Å². The van der Waals surface area contributed by atoms with Crippen LogP contribution in [0.25, 0.3) is 0 Å². The molecule has 1 atom stereocenters. The monoisotopic (exact) mass is 275 g/mol. The third-order valence-corrected chi connectivity index (χ3v) is 4.05. The highest BCUT2D eigenvalue weighted by atomic mass is 16.4. The normalized spacial score (nSPS) is 17.4. The van der Waals surface area contributed by atoms with Crippen LogP contribution in [0.3, 0.4) is 0 Å². The van der Waals surface area contributed by atoms with Crippen molar-refractivity contribution in [1.29, 1.82) is 0 Å². The Balaban J connectivity index is 2.12. The van der Waals surface area contributed by atoms with Crippen molar-refractivity contribution in [3.05, 3.63) is 35.9 Å². The van der Waals surface area contributed by atoms with Crippen LogP contribution < -0.4 is 0 Å². The molecule has 0 aliphatic heterocycles. The quantitative estimate of drug-likeness (QED) is 0.812. The molecule has 1 saturated carbocycles. The number of nitrogens with zero attached hydrogens (tertiary/aromatic N) is 1. The largest absolute Gasteiger partial charge is 0.480 e. The van der Waals surface area contributed by atoms with E-state index < -0.39 is 12.0 Å². The van der Waals surface area contributed by atoms with Crippen LogP contribution in [-0.2, 0) is 16.1 Å². The van der Waals surface area contributed by atoms with Crippen LogP contribution >= 0.6 is 0 Å². The molecule has 4 nitrogen and oxygen atoms in total. The van der Waals surface area contributed by atoms with Crippen LogP contribution in [0.4, 0.5) is 0 Å². The van der Waals surface area contributed by atoms with E-state index in [0.29, 0.717) is 13.0 Å². The van der Waals surface area contributed by atoms with E-state index in [0.717, 1.165) is 31.2 Å². The lowest BCUT2D eigenvalue weighted by Crippen LogP contribution is -2.45. The second-order valence-electron chi connectivity index (χ2n) is 5.44. The first-order chi connectivity index (χ1) is 9.72. The Morgan fingerprint density at radius 2 is 1.90 bits per heavy atom. The van der Waals surface area contributed by atoms with Gasteiger partial charge in [0.05, 0.1) is 0 Å². The lowest BCUT2D eigenvalue weighted by molar-refractivity contribution is -0.149. The van der Waals surface area contributed by atoms with Gasteiger partial charge in [-0.2, -0.15) is 0 Å². The number of benzene rings is 1. The standard InChI is InChI=1S/C16H21NO3/c18-12-17(11-13-7-3-1-4-8-13)15(16(19)20)14-9-5-2-6-10-14/h1,3-4,7-8,12,14-15H,2,5-6,9-11H2,(H,19,20). The molecule has 0 aromatic heterocycles. The summed E-state index contributed by atoms with van der Waals surface area (Å²) in [5, 5.41) is 9.50. The van der Waals surface area contributed by atoms with Gasteiger partial charge in [0.25, 0.3) is 0 Å². The zero-order valence-electron chi connectivity index (χ0n) is 11.6. The molecule has 0 spiro atoms. The van der Waals surface area contributed by atoms with Crippen molar-refractivity contribution in [3.8, 4) is 0 Å². The summed E-state index contributed by atoms with van der Waals surface area (Å²) in [6.45, 7) is 0.359. The van der Waals surface area contributed by atoms with Gasteiger partial charge in [0, 0.05) is 6.54 Å². The molecule has 20 heavy (non-hydrogen) atoms. The lowest BCUT2D eigenvalue weighted by Gasteiger charge is -2.34. The molecule has 4 heteroatoms. The van der Waals surface area contributed by atoms with Gasteiger partial charge in [0.15, 0.2) is 0 Å². The molecule has 1 aromatic rings. The Hall–Kier alpha value is -1.84. The highest BCUT2D eigenvalue weighted by molar-refractivity contribution is 5.76. The van der Waals surface area contributed by atoms with Crippen LogP contribution in [0.15, 0.2) is 30.3 Å². The number of hydrogen-bond acceptors (Lipinski definition) is 2. The smallest absolute Gasteiger partial charge is 0.326 e. The lowest BCUT2D eigenvalue weighted by atomic mass is 9.83. The zero-order chi connectivity index (χ0) is 14.4. The van der Waals surface area contributed by atoms with E-state index >= 15 is 0 Å². The number of carboxylic acids is 1. The summed E-state index contributed by atoms with van der Waals surface area (Å²) in [5.74, 6) is -0.810. The van der Waals surface area contributed by atoms with E-state index in [1.807, 2.05) is 30.3 Å². The maximum Gasteiger partial charge on any atom is 0.326 e. The molecule has 1 N–H and O–H groups in total. The van der Waals surface area contributed by atoms with Crippen molar-refractivity contribution in [2.24, 2.45) is 5.92 Å². The van der Waals surface area contributed by atoms with Crippen LogP contribution in [0.1, 0.15) is 37.7 Å². The number of carbonyl (C=O) groups is 2. The number of carboxylic acid groups (broad SMARTS) is 1. The Morgan fingerprint density at radius 1 is 1.25 bits per heavy atom. The second kappa shape index (κ2) is 7.08. The van der Waals surface area contributed by atoms with Crippen molar-refractivity contribution >= 4 is 12.4 Å². The molecule has 1 aliphatic rings. The van der Waals surface area contributed by atoms with E-state index in [1.54, 1.807) is 0 Å². The molecule has 0 saturated heterocycles. The first kappa shape index (κ1) is 14.6. The summed E-state index contributed by atoms with van der Waals surface area (Å²) >= 11 is 0. The van der Waals surface area contributed by atoms with E-state index in [1.165, 1.54) is 11.3 Å². The predicted molar refractivity (Wildman–Crippen MR) is 76.0 cm³/mol. The summed E-state index contributed by atoms with van der Waals surface area (Å²) in [6.07, 6.45) is 5.77. The van der Waals surface area contributed by atoms with Gasteiger partial charge in [-0.15, -0.1) is 0 Å². The van der Waals surface area contributed by atoms with E-state index in [2.05, 4.69) is 0 Å². The molecule has 1 unspecified atom stereocenters. The zero-order valence-corrected chi connectivity index (χ0v) is 11.6. The SMILES string of the molecule is O=CN(Cc1ccccc1)C(C(=O)O)C1CCCCC1. The van der Waals surface area contributed by atoms with E-state index in [9.17, 15) is 14.7 Å². The summed E-state index contributed by atoms with van der Waals surface area (Å²) in [7, 11) is 0. The minimum atomic E-state index is -0.889. The first-order valence-electron chi connectivity index (χ1n) is 7.20. The molecule has 0 heterocycles. The van der Waals surface area contributed by atoms with Crippen LogP contribution in [0, 0.1) is 5.92 Å². The number of aliphatic carboxylic acids is 1. The van der Waals surface area contributed by atoms with E-state index in [4.69, 9.17) is 0 Å². The van der Waals surface area contributed by atoms with Crippen molar-refractivity contribution < 1.29 is 14.7 Å². The number of hydrogen-bond donors (Lipinski definition) is 1. The Bertz CT molecular complexity index is 440. The molecule has 1 fully saturated rings. The summed E-state index contributed by atoms with van der Waals surface area (Å²) in [4.78, 5) is 24.4. The highest BCUT2D eigenvalue weighted by Gasteiger charge is 2.33. The van der Waals surface area contributed by atoms with Crippen LogP contribution in [0.5, 0.6) is 0 Å². The van der Waals surface area contributed by atoms with Gasteiger partial charge in [-0.05, 0) is 24.3 Å². The third-order valence-electron chi connectivity index (χ3n) is 4.05. The summed E-state index contributed by atoms with van der Waals surface area (Å²) in [6, 6.07) is 8.83. The molecule has 1 aromatic carbocycles. The van der Waals surface area contributed by atoms with Crippen molar-refractivity contribution in [2.45, 2.75) is 44.7 Å². The van der Waals surface area contributed by atoms with Crippen molar-refractivity contribution in [2.75, 3.05) is 0 Å². The minimum absolute atomic E-state index is 0.0789. The molecular weight excluding hydrogens is 254 g/mol. The fraction of sp³-hybridized carbons (Fsp3) is 0.500. The molecule has 108 valence electrons. The van der Waals surface area contributed by atoms with Crippen LogP contribution in [-0.4, -0.2) is 28.4 Å². The fourth-order valence-electron chi connectivity index (χ4n) is 3.06. The molecular formula is C16H21NO3. The average Bonchev–Trinajstić information content (AvgIpc) is 2.48. The van der Waals surface area contributed by atoms with Crippen molar-refractivity contribution in [3.63, 3.8) is 0 Å². The van der Waals surface area contributed by atoms with Gasteiger partial charge in [-0.1, -0.05) is 49.6 Å². The van der Waals surface area contributed by atoms with Gasteiger partial charge in [0.2, 0.25) is 6.41 Å². The Kier molecular flexibility index (Phi) is 5.16. The number of carbonyl (C=O) groups excluding carboxylic acids is 1. The molecule has 2 rings (SSSR count). The molecule has 1 amide bonds. The third kappa shape index (κ3) is 3.59. The van der Waals surface area contributed by atoms with Gasteiger partial charge in [-0.3, -0.25) is 4.79 Å². The van der Waals surface area contributed by atoms with E-state index in [-0.39, 0.29) is 5.92 Å². The number of rotatable bonds is 6. The Morgan fingerprint density at radius 3 is 2.45 bits per heavy atom. The molecule has 1 aliphatic carbocycles. The first-order valence-corrected chi connectivity index (χ1v) is 7.20.